The van der Waals surface area contributed by atoms with Crippen molar-refractivity contribution in [3.8, 4) is 5.75 Å². The third-order valence-electron chi connectivity index (χ3n) is 3.44. The van der Waals surface area contributed by atoms with Crippen LogP contribution in [0.5, 0.6) is 5.75 Å². The number of benzene rings is 2. The average Bonchev–Trinajstić information content (AvgIpc) is 2.63. The van der Waals surface area contributed by atoms with Gasteiger partial charge in [-0.05, 0) is 42.8 Å². The van der Waals surface area contributed by atoms with Crippen molar-refractivity contribution >= 4 is 23.6 Å². The van der Waals surface area contributed by atoms with E-state index in [0.717, 1.165) is 30.3 Å². The summed E-state index contributed by atoms with van der Waals surface area (Å²) in [7, 11) is 1.33. The predicted molar refractivity (Wildman–Crippen MR) is 92.5 cm³/mol. The van der Waals surface area contributed by atoms with E-state index in [2.05, 4.69) is 5.32 Å². The van der Waals surface area contributed by atoms with Gasteiger partial charge in [0.1, 0.15) is 11.6 Å². The molecule has 142 valence electrons. The zero-order chi connectivity index (χ0) is 20.0. The quantitative estimate of drug-likeness (QED) is 0.614. The van der Waals surface area contributed by atoms with E-state index >= 15 is 0 Å². The van der Waals surface area contributed by atoms with Crippen LogP contribution < -0.4 is 10.1 Å². The molecule has 8 heteroatoms. The molecule has 0 saturated carbocycles. The number of rotatable bonds is 6. The van der Waals surface area contributed by atoms with E-state index in [-0.39, 0.29) is 11.4 Å². The SMILES string of the molecule is COc1ccc(/C=C/C(=O)O[C@H](C)C(=O)Nc2cc(F)ccc2F)cc1F. The monoisotopic (exact) mass is 379 g/mol. The zero-order valence-corrected chi connectivity index (χ0v) is 14.5. The largest absolute Gasteiger partial charge is 0.494 e. The molecule has 0 spiro atoms. The first kappa shape index (κ1) is 20.0. The summed E-state index contributed by atoms with van der Waals surface area (Å²) < 4.78 is 49.8. The molecular formula is C19H16F3NO4. The van der Waals surface area contributed by atoms with Gasteiger partial charge in [-0.25, -0.2) is 18.0 Å². The highest BCUT2D eigenvalue weighted by molar-refractivity contribution is 5.96. The number of amides is 1. The fourth-order valence-corrected chi connectivity index (χ4v) is 2.05. The Morgan fingerprint density at radius 3 is 2.48 bits per heavy atom. The van der Waals surface area contributed by atoms with Gasteiger partial charge in [0.15, 0.2) is 17.7 Å². The lowest BCUT2D eigenvalue weighted by Crippen LogP contribution is -2.29. The Morgan fingerprint density at radius 1 is 1.07 bits per heavy atom. The fraction of sp³-hybridized carbons (Fsp3) is 0.158. The molecule has 0 aliphatic rings. The molecule has 0 radical (unpaired) electrons. The van der Waals surface area contributed by atoms with Crippen LogP contribution in [0.15, 0.2) is 42.5 Å². The molecule has 0 bridgehead atoms. The maximum absolute atomic E-state index is 13.6. The van der Waals surface area contributed by atoms with E-state index < -0.39 is 35.4 Å². The van der Waals surface area contributed by atoms with Crippen molar-refractivity contribution in [2.45, 2.75) is 13.0 Å². The second-order valence-corrected chi connectivity index (χ2v) is 5.42. The molecular weight excluding hydrogens is 363 g/mol. The highest BCUT2D eigenvalue weighted by Crippen LogP contribution is 2.18. The lowest BCUT2D eigenvalue weighted by molar-refractivity contribution is -0.148. The summed E-state index contributed by atoms with van der Waals surface area (Å²) in [4.78, 5) is 23.7. The molecule has 0 aliphatic carbocycles. The van der Waals surface area contributed by atoms with Crippen molar-refractivity contribution in [2.24, 2.45) is 0 Å². The maximum Gasteiger partial charge on any atom is 0.331 e. The Morgan fingerprint density at radius 2 is 1.81 bits per heavy atom. The molecule has 0 unspecified atom stereocenters. The molecule has 1 amide bonds. The number of hydrogen-bond acceptors (Lipinski definition) is 4. The standard InChI is InChI=1S/C19H16F3NO4/c1-11(19(25)23-16-10-13(20)5-6-14(16)21)27-18(24)8-4-12-3-7-17(26-2)15(22)9-12/h3-11H,1-2H3,(H,23,25)/b8-4+/t11-/m1/s1. The summed E-state index contributed by atoms with van der Waals surface area (Å²) in [5.41, 5.74) is 0.0105. The number of nitrogens with one attached hydrogen (secondary N) is 1. The molecule has 2 rings (SSSR count). The molecule has 0 fully saturated rings. The lowest BCUT2D eigenvalue weighted by Gasteiger charge is -2.13. The Bertz CT molecular complexity index is 883. The van der Waals surface area contributed by atoms with Gasteiger partial charge in [0.25, 0.3) is 5.91 Å². The Kier molecular flexibility index (Phi) is 6.59. The summed E-state index contributed by atoms with van der Waals surface area (Å²) in [6.07, 6.45) is 1.03. The molecule has 0 aliphatic heterocycles. The van der Waals surface area contributed by atoms with E-state index in [1.807, 2.05) is 0 Å². The van der Waals surface area contributed by atoms with Gasteiger partial charge in [0, 0.05) is 12.1 Å². The topological polar surface area (TPSA) is 64.6 Å². The molecule has 2 aromatic carbocycles. The first-order chi connectivity index (χ1) is 12.8. The first-order valence-corrected chi connectivity index (χ1v) is 7.78. The Hall–Kier alpha value is -3.29. The van der Waals surface area contributed by atoms with Crippen molar-refractivity contribution < 1.29 is 32.2 Å². The van der Waals surface area contributed by atoms with E-state index in [9.17, 15) is 22.8 Å². The average molecular weight is 379 g/mol. The predicted octanol–water partition coefficient (Wildman–Crippen LogP) is 3.70. The normalized spacial score (nSPS) is 11.9. The van der Waals surface area contributed by atoms with Gasteiger partial charge in [-0.1, -0.05) is 6.07 Å². The minimum absolute atomic E-state index is 0.0598. The van der Waals surface area contributed by atoms with Gasteiger partial charge in [-0.3, -0.25) is 4.79 Å². The summed E-state index contributed by atoms with van der Waals surface area (Å²) >= 11 is 0. The molecule has 5 nitrogen and oxygen atoms in total. The van der Waals surface area contributed by atoms with Gasteiger partial charge in [0.05, 0.1) is 12.8 Å². The van der Waals surface area contributed by atoms with Gasteiger partial charge in [0.2, 0.25) is 0 Å². The highest BCUT2D eigenvalue weighted by Gasteiger charge is 2.18. The number of hydrogen-bond donors (Lipinski definition) is 1. The van der Waals surface area contributed by atoms with Crippen LogP contribution in [0.2, 0.25) is 0 Å². The summed E-state index contributed by atoms with van der Waals surface area (Å²) in [6, 6.07) is 6.64. The van der Waals surface area contributed by atoms with Crippen LogP contribution in [0.3, 0.4) is 0 Å². The van der Waals surface area contributed by atoms with Crippen molar-refractivity contribution in [3.63, 3.8) is 0 Å². The fourth-order valence-electron chi connectivity index (χ4n) is 2.05. The zero-order valence-electron chi connectivity index (χ0n) is 14.5. The van der Waals surface area contributed by atoms with Crippen LogP contribution in [0.4, 0.5) is 18.9 Å². The number of anilines is 1. The third kappa shape index (κ3) is 5.60. The molecule has 2 aromatic rings. The highest BCUT2D eigenvalue weighted by atomic mass is 19.1. The van der Waals surface area contributed by atoms with Gasteiger partial charge >= 0.3 is 5.97 Å². The van der Waals surface area contributed by atoms with Crippen LogP contribution >= 0.6 is 0 Å². The van der Waals surface area contributed by atoms with Crippen LogP contribution in [0.25, 0.3) is 6.08 Å². The number of halogens is 3. The molecule has 0 aromatic heterocycles. The van der Waals surface area contributed by atoms with Crippen molar-refractivity contribution in [3.05, 3.63) is 65.5 Å². The van der Waals surface area contributed by atoms with Gasteiger partial charge in [-0.2, -0.15) is 0 Å². The second-order valence-electron chi connectivity index (χ2n) is 5.42. The van der Waals surface area contributed by atoms with E-state index in [4.69, 9.17) is 9.47 Å². The van der Waals surface area contributed by atoms with Crippen molar-refractivity contribution in [1.29, 1.82) is 0 Å². The molecule has 1 atom stereocenters. The minimum atomic E-state index is -1.27. The minimum Gasteiger partial charge on any atom is -0.494 e. The van der Waals surface area contributed by atoms with Crippen LogP contribution in [-0.2, 0) is 14.3 Å². The summed E-state index contributed by atoms with van der Waals surface area (Å²) in [5, 5.41) is 2.13. The molecule has 1 N–H and O–H groups in total. The van der Waals surface area contributed by atoms with E-state index in [1.165, 1.54) is 32.2 Å². The van der Waals surface area contributed by atoms with E-state index in [0.29, 0.717) is 5.56 Å². The van der Waals surface area contributed by atoms with Gasteiger partial charge in [-0.15, -0.1) is 0 Å². The Labute approximate surface area is 153 Å². The number of carbonyl (C=O) groups excluding carboxylic acids is 2. The number of ether oxygens (including phenoxy) is 2. The molecule has 0 heterocycles. The molecule has 0 saturated heterocycles. The first-order valence-electron chi connectivity index (χ1n) is 7.78. The molecule has 27 heavy (non-hydrogen) atoms. The van der Waals surface area contributed by atoms with Crippen LogP contribution in [0.1, 0.15) is 12.5 Å². The van der Waals surface area contributed by atoms with Crippen molar-refractivity contribution in [1.82, 2.24) is 0 Å². The maximum atomic E-state index is 13.6. The van der Waals surface area contributed by atoms with Crippen molar-refractivity contribution in [2.75, 3.05) is 12.4 Å². The van der Waals surface area contributed by atoms with Crippen LogP contribution in [-0.4, -0.2) is 25.1 Å². The second kappa shape index (κ2) is 8.88. The number of esters is 1. The number of methoxy groups -OCH3 is 1. The van der Waals surface area contributed by atoms with Gasteiger partial charge < -0.3 is 14.8 Å². The van der Waals surface area contributed by atoms with Crippen LogP contribution in [0, 0.1) is 17.5 Å². The van der Waals surface area contributed by atoms with E-state index in [1.54, 1.807) is 0 Å². The summed E-state index contributed by atoms with van der Waals surface area (Å²) in [6.45, 7) is 1.27. The third-order valence-corrected chi connectivity index (χ3v) is 3.44. The summed E-state index contributed by atoms with van der Waals surface area (Å²) in [5.74, 6) is -3.80. The number of carbonyl (C=O) groups is 2. The smallest absolute Gasteiger partial charge is 0.331 e. The lowest BCUT2D eigenvalue weighted by atomic mass is 10.2. The Balaban J connectivity index is 1.95.